The van der Waals surface area contributed by atoms with Crippen LogP contribution in [-0.4, -0.2) is 74.7 Å². The lowest BCUT2D eigenvalue weighted by atomic mass is 9.84. The first-order valence-corrected chi connectivity index (χ1v) is 11.4. The van der Waals surface area contributed by atoms with E-state index in [4.69, 9.17) is 0 Å². The molecule has 1 unspecified atom stereocenters. The molecule has 1 aromatic heterocycles. The molecular formula is C21H38IN5S. The molecular weight excluding hydrogens is 481 g/mol. The Morgan fingerprint density at radius 3 is 2.50 bits per heavy atom. The van der Waals surface area contributed by atoms with E-state index in [1.54, 1.807) is 0 Å². The van der Waals surface area contributed by atoms with E-state index in [9.17, 15) is 0 Å². The summed E-state index contributed by atoms with van der Waals surface area (Å²) in [5, 5.41) is 9.37. The molecule has 3 rings (SSSR count). The summed E-state index contributed by atoms with van der Waals surface area (Å²) < 4.78 is 0. The molecule has 1 atom stereocenters. The average Bonchev–Trinajstić information content (AvgIpc) is 3.25. The molecule has 0 aliphatic carbocycles. The Balaban J connectivity index is 0.00000280. The summed E-state index contributed by atoms with van der Waals surface area (Å²) in [5.41, 5.74) is 0.282. The highest BCUT2D eigenvalue weighted by atomic mass is 127. The van der Waals surface area contributed by atoms with Crippen LogP contribution in [0.1, 0.15) is 49.8 Å². The molecule has 2 aliphatic heterocycles. The third kappa shape index (κ3) is 6.31. The molecule has 0 bridgehead atoms. The van der Waals surface area contributed by atoms with Gasteiger partial charge in [-0.3, -0.25) is 9.89 Å². The number of nitrogens with one attached hydrogen (secondary N) is 2. The monoisotopic (exact) mass is 519 g/mol. The number of piperidine rings is 2. The highest BCUT2D eigenvalue weighted by Crippen LogP contribution is 2.30. The maximum absolute atomic E-state index is 4.49. The van der Waals surface area contributed by atoms with Gasteiger partial charge in [0.1, 0.15) is 0 Å². The molecule has 5 nitrogen and oxygen atoms in total. The van der Waals surface area contributed by atoms with Crippen molar-refractivity contribution >= 4 is 41.3 Å². The van der Waals surface area contributed by atoms with E-state index in [-0.39, 0.29) is 29.5 Å². The van der Waals surface area contributed by atoms with Crippen molar-refractivity contribution in [1.82, 2.24) is 20.4 Å². The number of hydrogen-bond donors (Lipinski definition) is 2. The number of likely N-dealkylation sites (tertiary alicyclic amines) is 2. The summed E-state index contributed by atoms with van der Waals surface area (Å²) in [6.07, 6.45) is 6.59. The first-order valence-electron chi connectivity index (χ1n) is 10.5. The van der Waals surface area contributed by atoms with Crippen LogP contribution in [-0.2, 0) is 0 Å². The number of guanidine groups is 1. The Morgan fingerprint density at radius 2 is 1.89 bits per heavy atom. The zero-order valence-corrected chi connectivity index (χ0v) is 20.9. The van der Waals surface area contributed by atoms with E-state index in [2.05, 4.69) is 56.9 Å². The SMILES string of the molecule is CN=C(NCC(C)c1cccs1)NCC1(N2CCCCC2)CCN(C)CC1.I. The second kappa shape index (κ2) is 11.7. The Labute approximate surface area is 192 Å². The van der Waals surface area contributed by atoms with Crippen LogP contribution < -0.4 is 10.6 Å². The normalized spacial score (nSPS) is 22.3. The summed E-state index contributed by atoms with van der Waals surface area (Å²) in [4.78, 5) is 11.2. The number of nitrogens with zero attached hydrogens (tertiary/aromatic N) is 3. The van der Waals surface area contributed by atoms with E-state index in [0.717, 1.165) is 19.0 Å². The van der Waals surface area contributed by atoms with Crippen molar-refractivity contribution in [3.63, 3.8) is 0 Å². The van der Waals surface area contributed by atoms with Gasteiger partial charge in [0.05, 0.1) is 0 Å². The van der Waals surface area contributed by atoms with Crippen molar-refractivity contribution < 1.29 is 0 Å². The molecule has 0 amide bonds. The average molecular weight is 520 g/mol. The third-order valence-electron chi connectivity index (χ3n) is 6.36. The zero-order valence-electron chi connectivity index (χ0n) is 17.7. The molecule has 0 radical (unpaired) electrons. The van der Waals surface area contributed by atoms with Gasteiger partial charge in [0.2, 0.25) is 0 Å². The van der Waals surface area contributed by atoms with Crippen molar-refractivity contribution in [2.45, 2.75) is 50.5 Å². The Bertz CT molecular complexity index is 578. The molecule has 1 aromatic rings. The van der Waals surface area contributed by atoms with Crippen LogP contribution in [0.4, 0.5) is 0 Å². The van der Waals surface area contributed by atoms with Crippen LogP contribution in [0.5, 0.6) is 0 Å². The van der Waals surface area contributed by atoms with Crippen LogP contribution in [0.15, 0.2) is 22.5 Å². The molecule has 0 aromatic carbocycles. The predicted molar refractivity (Wildman–Crippen MR) is 132 cm³/mol. The van der Waals surface area contributed by atoms with Gasteiger partial charge in [-0.05, 0) is 70.4 Å². The van der Waals surface area contributed by atoms with Crippen molar-refractivity contribution in [3.8, 4) is 0 Å². The fraction of sp³-hybridized carbons (Fsp3) is 0.762. The van der Waals surface area contributed by atoms with E-state index >= 15 is 0 Å². The van der Waals surface area contributed by atoms with Gasteiger partial charge in [-0.1, -0.05) is 19.4 Å². The van der Waals surface area contributed by atoms with E-state index < -0.39 is 0 Å². The number of rotatable bonds is 6. The van der Waals surface area contributed by atoms with Crippen LogP contribution in [0.3, 0.4) is 0 Å². The molecule has 0 spiro atoms. The first kappa shape index (κ1) is 23.9. The molecule has 2 saturated heterocycles. The molecule has 7 heteroatoms. The molecule has 160 valence electrons. The Kier molecular flexibility index (Phi) is 10.00. The van der Waals surface area contributed by atoms with E-state index in [1.807, 2.05) is 18.4 Å². The topological polar surface area (TPSA) is 42.9 Å². The Hall–Kier alpha value is -0.380. The fourth-order valence-electron chi connectivity index (χ4n) is 4.40. The van der Waals surface area contributed by atoms with Crippen molar-refractivity contribution in [2.24, 2.45) is 4.99 Å². The summed E-state index contributed by atoms with van der Waals surface area (Å²) in [5.74, 6) is 1.44. The van der Waals surface area contributed by atoms with E-state index in [0.29, 0.717) is 5.92 Å². The number of aliphatic imine (C=N–C) groups is 1. The summed E-state index contributed by atoms with van der Waals surface area (Å²) in [6.45, 7) is 9.09. The molecule has 28 heavy (non-hydrogen) atoms. The minimum atomic E-state index is 0. The van der Waals surface area contributed by atoms with Gasteiger partial charge in [0.15, 0.2) is 5.96 Å². The third-order valence-corrected chi connectivity index (χ3v) is 7.46. The van der Waals surface area contributed by atoms with Crippen LogP contribution in [0, 0.1) is 0 Å². The second-order valence-electron chi connectivity index (χ2n) is 8.30. The minimum absolute atomic E-state index is 0. The van der Waals surface area contributed by atoms with Crippen molar-refractivity contribution in [3.05, 3.63) is 22.4 Å². The molecule has 2 aliphatic rings. The van der Waals surface area contributed by atoms with Crippen LogP contribution in [0.2, 0.25) is 0 Å². The number of halogens is 1. The Morgan fingerprint density at radius 1 is 1.18 bits per heavy atom. The lowest BCUT2D eigenvalue weighted by molar-refractivity contribution is 0.0173. The van der Waals surface area contributed by atoms with Crippen molar-refractivity contribution in [2.75, 3.05) is 53.4 Å². The van der Waals surface area contributed by atoms with Gasteiger partial charge < -0.3 is 15.5 Å². The number of hydrogen-bond acceptors (Lipinski definition) is 4. The molecule has 0 saturated carbocycles. The first-order chi connectivity index (χ1) is 13.1. The lowest BCUT2D eigenvalue weighted by Gasteiger charge is -2.50. The van der Waals surface area contributed by atoms with Crippen LogP contribution >= 0.6 is 35.3 Å². The highest BCUT2D eigenvalue weighted by molar-refractivity contribution is 14.0. The van der Waals surface area contributed by atoms with E-state index in [1.165, 1.54) is 63.2 Å². The lowest BCUT2D eigenvalue weighted by Crippen LogP contribution is -2.62. The maximum atomic E-state index is 4.49. The number of thiophene rings is 1. The second-order valence-corrected chi connectivity index (χ2v) is 9.28. The molecule has 2 N–H and O–H groups in total. The van der Waals surface area contributed by atoms with Gasteiger partial charge in [0.25, 0.3) is 0 Å². The van der Waals surface area contributed by atoms with Gasteiger partial charge in [-0.25, -0.2) is 0 Å². The predicted octanol–water partition coefficient (Wildman–Crippen LogP) is 3.58. The minimum Gasteiger partial charge on any atom is -0.356 e. The summed E-state index contributed by atoms with van der Waals surface area (Å²) >= 11 is 1.83. The summed E-state index contributed by atoms with van der Waals surface area (Å²) in [7, 11) is 4.13. The summed E-state index contributed by atoms with van der Waals surface area (Å²) in [6, 6.07) is 4.35. The van der Waals surface area contributed by atoms with Gasteiger partial charge in [-0.15, -0.1) is 35.3 Å². The quantitative estimate of drug-likeness (QED) is 0.343. The fourth-order valence-corrected chi connectivity index (χ4v) is 5.19. The van der Waals surface area contributed by atoms with Gasteiger partial charge in [-0.2, -0.15) is 0 Å². The molecule has 3 heterocycles. The van der Waals surface area contributed by atoms with Crippen molar-refractivity contribution in [1.29, 1.82) is 0 Å². The van der Waals surface area contributed by atoms with Gasteiger partial charge >= 0.3 is 0 Å². The smallest absolute Gasteiger partial charge is 0.191 e. The maximum Gasteiger partial charge on any atom is 0.191 e. The van der Waals surface area contributed by atoms with Gasteiger partial charge in [0, 0.05) is 36.5 Å². The molecule has 2 fully saturated rings. The largest absolute Gasteiger partial charge is 0.356 e. The highest BCUT2D eigenvalue weighted by Gasteiger charge is 2.39. The van der Waals surface area contributed by atoms with Crippen LogP contribution in [0.25, 0.3) is 0 Å². The standard InChI is InChI=1S/C21H37N5S.HI/c1-18(19-8-7-15-27-19)16-23-20(22-2)24-17-21(9-13-25(3)14-10-21)26-11-5-4-6-12-26;/h7-8,15,18H,4-6,9-14,16-17H2,1-3H3,(H2,22,23,24);1H. The zero-order chi connectivity index (χ0) is 19.1.